The highest BCUT2D eigenvalue weighted by atomic mass is 28.4. The van der Waals surface area contributed by atoms with Crippen LogP contribution in [-0.4, -0.2) is 88.9 Å². The summed E-state index contributed by atoms with van der Waals surface area (Å²) >= 11 is 0. The first-order valence-corrected chi connectivity index (χ1v) is 10.5. The molecule has 7 nitrogen and oxygen atoms in total. The summed E-state index contributed by atoms with van der Waals surface area (Å²) in [6, 6.07) is 0.825. The number of nitrogens with two attached hydrogens (primary N) is 2. The third kappa shape index (κ3) is 9.48. The fourth-order valence-corrected chi connectivity index (χ4v) is 4.71. The molecule has 0 aromatic carbocycles. The molecule has 126 valence electrons. The first-order valence-electron chi connectivity index (χ1n) is 7.35. The molecule has 0 heterocycles. The third-order valence-corrected chi connectivity index (χ3v) is 7.46. The fourth-order valence-electron chi connectivity index (χ4n) is 1.98. The summed E-state index contributed by atoms with van der Waals surface area (Å²) in [5, 5.41) is 3.32. The molecule has 21 heavy (non-hydrogen) atoms. The predicted molar refractivity (Wildman–Crippen MR) is 92.0 cm³/mol. The van der Waals surface area contributed by atoms with Crippen molar-refractivity contribution in [3.63, 3.8) is 0 Å². The Morgan fingerprint density at radius 3 is 2.29 bits per heavy atom. The molecule has 0 bridgehead atoms. The Morgan fingerprint density at radius 2 is 1.76 bits per heavy atom. The van der Waals surface area contributed by atoms with Crippen LogP contribution in [0.2, 0.25) is 6.04 Å². The number of hydrogen-bond donors (Lipinski definition) is 3. The summed E-state index contributed by atoms with van der Waals surface area (Å²) in [6.45, 7) is 5.12. The molecule has 0 amide bonds. The number of hydrogen-bond acceptors (Lipinski definition) is 7. The van der Waals surface area contributed by atoms with Crippen molar-refractivity contribution < 1.29 is 13.3 Å². The van der Waals surface area contributed by atoms with E-state index in [0.717, 1.165) is 38.6 Å². The van der Waals surface area contributed by atoms with Crippen molar-refractivity contribution in [2.45, 2.75) is 12.5 Å². The first kappa shape index (κ1) is 20.9. The quantitative estimate of drug-likeness (QED) is 0.255. The Labute approximate surface area is 132 Å². The van der Waals surface area contributed by atoms with Crippen molar-refractivity contribution in [1.29, 1.82) is 0 Å². The minimum Gasteiger partial charge on any atom is -0.408 e. The summed E-state index contributed by atoms with van der Waals surface area (Å²) in [5.41, 5.74) is 13.2. The zero-order valence-corrected chi connectivity index (χ0v) is 15.8. The maximum atomic E-state index is 5.57. The second-order valence-electron chi connectivity index (χ2n) is 4.59. The molecular weight excluding hydrogens is 304 g/mol. The highest BCUT2D eigenvalue weighted by molar-refractivity contribution is 6.60. The molecule has 0 radical (unpaired) electrons. The van der Waals surface area contributed by atoms with Gasteiger partial charge in [0.2, 0.25) is 0 Å². The number of nitrogens with one attached hydrogen (secondary N) is 1. The molecule has 0 saturated carbocycles. The molecule has 9 heteroatoms. The van der Waals surface area contributed by atoms with E-state index in [9.17, 15) is 0 Å². The SMILES string of the molecule is CO[Si](CCCN(CCNCCN)[SiH]=CCN)(OC)OC. The van der Waals surface area contributed by atoms with Gasteiger partial charge in [0.25, 0.3) is 0 Å². The van der Waals surface area contributed by atoms with E-state index in [1.165, 1.54) is 0 Å². The standard InChI is InChI=1S/C12H32N4O3Si2/c1-17-21(18-2,19-3)12-4-9-16(20-11-6-14)10-8-15-7-5-13/h11,15,20H,4-10,12-14H2,1-3H3. The molecule has 5 N–H and O–H groups in total. The molecule has 0 saturated heterocycles. The van der Waals surface area contributed by atoms with Crippen molar-refractivity contribution in [3.05, 3.63) is 0 Å². The van der Waals surface area contributed by atoms with Crippen LogP contribution >= 0.6 is 0 Å². The van der Waals surface area contributed by atoms with Crippen LogP contribution in [-0.2, 0) is 13.3 Å². The molecule has 0 atom stereocenters. The van der Waals surface area contributed by atoms with Crippen LogP contribution in [0.1, 0.15) is 6.42 Å². The topological polar surface area (TPSA) is 95.0 Å². The van der Waals surface area contributed by atoms with Gasteiger partial charge in [-0.1, -0.05) is 5.67 Å². The van der Waals surface area contributed by atoms with E-state index < -0.39 is 8.80 Å². The zero-order valence-electron chi connectivity index (χ0n) is 13.6. The van der Waals surface area contributed by atoms with Gasteiger partial charge in [-0.15, -0.1) is 0 Å². The van der Waals surface area contributed by atoms with Crippen LogP contribution in [0.3, 0.4) is 0 Å². The maximum absolute atomic E-state index is 5.57. The Balaban J connectivity index is 4.18. The summed E-state index contributed by atoms with van der Waals surface area (Å²) in [4.78, 5) is 0. The highest BCUT2D eigenvalue weighted by Gasteiger charge is 2.36. The van der Waals surface area contributed by atoms with E-state index in [-0.39, 0.29) is 9.29 Å². The van der Waals surface area contributed by atoms with E-state index in [1.807, 2.05) is 0 Å². The Kier molecular flexibility index (Phi) is 13.4. The highest BCUT2D eigenvalue weighted by Crippen LogP contribution is 2.14. The van der Waals surface area contributed by atoms with Gasteiger partial charge in [0.15, 0.2) is 0 Å². The van der Waals surface area contributed by atoms with E-state index in [1.54, 1.807) is 21.3 Å². The molecule has 0 aliphatic heterocycles. The Hall–Kier alpha value is -0.136. The van der Waals surface area contributed by atoms with Gasteiger partial charge in [-0.3, -0.25) is 0 Å². The minimum atomic E-state index is -2.44. The van der Waals surface area contributed by atoms with Crippen LogP contribution in [0.15, 0.2) is 0 Å². The van der Waals surface area contributed by atoms with Crippen molar-refractivity contribution in [3.8, 4) is 0 Å². The second kappa shape index (κ2) is 13.5. The van der Waals surface area contributed by atoms with E-state index in [4.69, 9.17) is 24.7 Å². The predicted octanol–water partition coefficient (Wildman–Crippen LogP) is -1.78. The number of rotatable bonds is 14. The van der Waals surface area contributed by atoms with Gasteiger partial charge in [0.1, 0.15) is 9.29 Å². The van der Waals surface area contributed by atoms with Crippen LogP contribution in [0, 0.1) is 0 Å². The van der Waals surface area contributed by atoms with Crippen molar-refractivity contribution >= 4 is 23.8 Å². The van der Waals surface area contributed by atoms with Gasteiger partial charge in [0.05, 0.1) is 0 Å². The molecule has 0 unspecified atom stereocenters. The lowest BCUT2D eigenvalue weighted by atomic mass is 10.4. The zero-order chi connectivity index (χ0) is 16.0. The summed E-state index contributed by atoms with van der Waals surface area (Å²) in [6.07, 6.45) is 0.990. The first-order chi connectivity index (χ1) is 10.2. The summed E-state index contributed by atoms with van der Waals surface area (Å²) in [7, 11) is 2.64. The lowest BCUT2D eigenvalue weighted by molar-refractivity contribution is 0.122. The molecule has 0 aromatic heterocycles. The van der Waals surface area contributed by atoms with Gasteiger partial charge in [-0.25, -0.2) is 0 Å². The van der Waals surface area contributed by atoms with Gasteiger partial charge in [-0.2, -0.15) is 0 Å². The molecule has 0 aliphatic carbocycles. The van der Waals surface area contributed by atoms with Crippen molar-refractivity contribution in [1.82, 2.24) is 9.88 Å². The van der Waals surface area contributed by atoms with Gasteiger partial charge >= 0.3 is 8.80 Å². The third-order valence-electron chi connectivity index (χ3n) is 3.21. The van der Waals surface area contributed by atoms with Crippen molar-refractivity contribution in [2.24, 2.45) is 11.5 Å². The summed E-state index contributed by atoms with van der Waals surface area (Å²) in [5.74, 6) is 0. The Bertz CT molecular complexity index is 261. The van der Waals surface area contributed by atoms with Gasteiger partial charge in [-0.05, 0) is 6.42 Å². The van der Waals surface area contributed by atoms with Crippen LogP contribution in [0.25, 0.3) is 0 Å². The normalized spacial score (nSPS) is 12.2. The van der Waals surface area contributed by atoms with Crippen LogP contribution in [0.4, 0.5) is 0 Å². The molecule has 0 rings (SSSR count). The second-order valence-corrected chi connectivity index (χ2v) is 9.18. The average Bonchev–Trinajstić information content (AvgIpc) is 2.53. The smallest absolute Gasteiger partial charge is 0.408 e. The number of nitrogens with zero attached hydrogens (tertiary/aromatic N) is 1. The summed E-state index contributed by atoms with van der Waals surface area (Å²) < 4.78 is 18.8. The van der Waals surface area contributed by atoms with Crippen LogP contribution in [0.5, 0.6) is 0 Å². The molecule has 0 aliphatic rings. The minimum absolute atomic E-state index is 0.124. The largest absolute Gasteiger partial charge is 0.500 e. The monoisotopic (exact) mass is 336 g/mol. The molecule has 0 fully saturated rings. The van der Waals surface area contributed by atoms with E-state index in [0.29, 0.717) is 13.1 Å². The maximum Gasteiger partial charge on any atom is 0.500 e. The van der Waals surface area contributed by atoms with Crippen LogP contribution < -0.4 is 16.8 Å². The molecule has 0 aromatic rings. The van der Waals surface area contributed by atoms with Gasteiger partial charge < -0.3 is 34.6 Å². The average molecular weight is 337 g/mol. The molecule has 0 spiro atoms. The van der Waals surface area contributed by atoms with Crippen molar-refractivity contribution in [2.75, 3.05) is 60.6 Å². The van der Waals surface area contributed by atoms with E-state index in [2.05, 4.69) is 15.6 Å². The lowest BCUT2D eigenvalue weighted by Crippen LogP contribution is -2.43. The van der Waals surface area contributed by atoms with E-state index >= 15 is 0 Å². The Morgan fingerprint density at radius 1 is 1.10 bits per heavy atom. The lowest BCUT2D eigenvalue weighted by Gasteiger charge is -2.26. The van der Waals surface area contributed by atoms with Gasteiger partial charge in [0, 0.05) is 66.6 Å². The molecular formula is C12H32N4O3Si2. The fraction of sp³-hybridized carbons (Fsp3) is 0.917.